The highest BCUT2D eigenvalue weighted by Crippen LogP contribution is 2.18. The van der Waals surface area contributed by atoms with Gasteiger partial charge in [0.1, 0.15) is 11.6 Å². The molecule has 0 fully saturated rings. The van der Waals surface area contributed by atoms with Crippen LogP contribution in [0.4, 0.5) is 11.4 Å². The highest BCUT2D eigenvalue weighted by molar-refractivity contribution is 6.06. The highest BCUT2D eigenvalue weighted by atomic mass is 16.1. The Hall–Kier alpha value is -3.06. The fourth-order valence-corrected chi connectivity index (χ4v) is 2.42. The lowest BCUT2D eigenvalue weighted by Gasteiger charge is -2.09. The zero-order valence-corrected chi connectivity index (χ0v) is 15.1. The number of nitrogens with zero attached hydrogens (tertiary/aromatic N) is 1. The summed E-state index contributed by atoms with van der Waals surface area (Å²) in [5.41, 5.74) is 4.97. The second-order valence-electron chi connectivity index (χ2n) is 6.36. The van der Waals surface area contributed by atoms with Crippen molar-refractivity contribution < 1.29 is 4.79 Å². The first-order valence-electron chi connectivity index (χ1n) is 8.26. The Morgan fingerprint density at radius 2 is 1.80 bits per heavy atom. The van der Waals surface area contributed by atoms with Crippen LogP contribution in [0.2, 0.25) is 0 Å². The summed E-state index contributed by atoms with van der Waals surface area (Å²) in [5.74, 6) is -0.00155. The molecule has 0 aromatic heterocycles. The maximum atomic E-state index is 12.3. The summed E-state index contributed by atoms with van der Waals surface area (Å²) < 4.78 is 0. The number of nitriles is 1. The van der Waals surface area contributed by atoms with Gasteiger partial charge in [0.25, 0.3) is 5.91 Å². The van der Waals surface area contributed by atoms with Crippen molar-refractivity contribution in [3.8, 4) is 6.07 Å². The first-order valence-corrected chi connectivity index (χ1v) is 8.26. The Kier molecular flexibility index (Phi) is 5.97. The lowest BCUT2D eigenvalue weighted by atomic mass is 10.0. The van der Waals surface area contributed by atoms with Gasteiger partial charge in [-0.05, 0) is 49.1 Å². The molecule has 4 heteroatoms. The van der Waals surface area contributed by atoms with Gasteiger partial charge in [-0.15, -0.1) is 0 Å². The average molecular weight is 333 g/mol. The molecule has 0 unspecified atom stereocenters. The van der Waals surface area contributed by atoms with Crippen molar-refractivity contribution in [1.82, 2.24) is 0 Å². The van der Waals surface area contributed by atoms with Crippen LogP contribution < -0.4 is 10.6 Å². The van der Waals surface area contributed by atoms with Crippen molar-refractivity contribution in [1.29, 1.82) is 5.26 Å². The molecule has 2 aromatic carbocycles. The third-order valence-electron chi connectivity index (χ3n) is 3.95. The van der Waals surface area contributed by atoms with Crippen LogP contribution >= 0.6 is 0 Å². The molecule has 0 saturated carbocycles. The van der Waals surface area contributed by atoms with Crippen molar-refractivity contribution in [2.75, 3.05) is 10.6 Å². The Balaban J connectivity index is 2.08. The molecule has 0 heterocycles. The topological polar surface area (TPSA) is 64.9 Å². The Labute approximate surface area is 149 Å². The standard InChI is InChI=1S/C21H23N3O/c1-14(2)17-6-8-19(9-7-17)24-21(25)18(12-22)13-23-20-10-5-15(3)11-16(20)4/h5-11,13-14,23H,1-4H3,(H,24,25)/b18-13-. The van der Waals surface area contributed by atoms with E-state index < -0.39 is 5.91 Å². The van der Waals surface area contributed by atoms with E-state index in [-0.39, 0.29) is 5.57 Å². The van der Waals surface area contributed by atoms with E-state index in [2.05, 4.69) is 24.5 Å². The van der Waals surface area contributed by atoms with Crippen LogP contribution in [0.25, 0.3) is 0 Å². The first-order chi connectivity index (χ1) is 11.9. The Morgan fingerprint density at radius 1 is 1.12 bits per heavy atom. The van der Waals surface area contributed by atoms with Crippen LogP contribution in [-0.2, 0) is 4.79 Å². The van der Waals surface area contributed by atoms with E-state index in [9.17, 15) is 10.1 Å². The van der Waals surface area contributed by atoms with Crippen molar-refractivity contribution >= 4 is 17.3 Å². The molecule has 0 bridgehead atoms. The van der Waals surface area contributed by atoms with Gasteiger partial charge in [0.05, 0.1) is 0 Å². The van der Waals surface area contributed by atoms with Gasteiger partial charge < -0.3 is 10.6 Å². The molecule has 2 rings (SSSR count). The second-order valence-corrected chi connectivity index (χ2v) is 6.36. The van der Waals surface area contributed by atoms with Crippen molar-refractivity contribution in [2.45, 2.75) is 33.6 Å². The van der Waals surface area contributed by atoms with Crippen LogP contribution in [0.15, 0.2) is 54.2 Å². The van der Waals surface area contributed by atoms with E-state index in [1.165, 1.54) is 11.8 Å². The van der Waals surface area contributed by atoms with Gasteiger partial charge in [-0.1, -0.05) is 43.7 Å². The minimum atomic E-state index is -0.433. The number of hydrogen-bond acceptors (Lipinski definition) is 3. The van der Waals surface area contributed by atoms with Gasteiger partial charge in [-0.3, -0.25) is 4.79 Å². The summed E-state index contributed by atoms with van der Waals surface area (Å²) in [4.78, 5) is 12.3. The number of hydrogen-bond donors (Lipinski definition) is 2. The van der Waals surface area contributed by atoms with Crippen LogP contribution in [0.3, 0.4) is 0 Å². The molecule has 0 spiro atoms. The van der Waals surface area contributed by atoms with E-state index in [1.807, 2.05) is 62.4 Å². The third-order valence-corrected chi connectivity index (χ3v) is 3.95. The fourth-order valence-electron chi connectivity index (χ4n) is 2.42. The van der Waals surface area contributed by atoms with Crippen LogP contribution in [0, 0.1) is 25.2 Å². The SMILES string of the molecule is Cc1ccc(N/C=C(/C#N)C(=O)Nc2ccc(C(C)C)cc2)c(C)c1. The fraction of sp³-hybridized carbons (Fsp3) is 0.238. The summed E-state index contributed by atoms with van der Waals surface area (Å²) >= 11 is 0. The molecule has 0 aliphatic carbocycles. The molecule has 0 radical (unpaired) electrons. The van der Waals surface area contributed by atoms with Crippen molar-refractivity contribution in [2.24, 2.45) is 0 Å². The molecule has 2 N–H and O–H groups in total. The predicted octanol–water partition coefficient (Wildman–Crippen LogP) is 4.88. The minimum Gasteiger partial charge on any atom is -0.360 e. The zero-order valence-electron chi connectivity index (χ0n) is 15.1. The molecule has 0 atom stereocenters. The van der Waals surface area contributed by atoms with Gasteiger partial charge in [0.2, 0.25) is 0 Å². The number of carbonyl (C=O) groups is 1. The summed E-state index contributed by atoms with van der Waals surface area (Å²) in [6, 6.07) is 15.5. The van der Waals surface area contributed by atoms with Crippen molar-refractivity contribution in [3.05, 3.63) is 70.9 Å². The van der Waals surface area contributed by atoms with E-state index in [4.69, 9.17) is 0 Å². The summed E-state index contributed by atoms with van der Waals surface area (Å²) in [7, 11) is 0. The third kappa shape index (κ3) is 4.95. The summed E-state index contributed by atoms with van der Waals surface area (Å²) in [6.07, 6.45) is 1.44. The quantitative estimate of drug-likeness (QED) is 0.605. The Morgan fingerprint density at radius 3 is 2.36 bits per heavy atom. The Bertz CT molecular complexity index is 827. The number of carbonyl (C=O) groups excluding carboxylic acids is 1. The predicted molar refractivity (Wildman–Crippen MR) is 102 cm³/mol. The van der Waals surface area contributed by atoms with E-state index in [0.29, 0.717) is 11.6 Å². The summed E-state index contributed by atoms with van der Waals surface area (Å²) in [6.45, 7) is 8.22. The monoisotopic (exact) mass is 333 g/mol. The zero-order chi connectivity index (χ0) is 18.4. The molecular weight excluding hydrogens is 310 g/mol. The number of nitrogens with one attached hydrogen (secondary N) is 2. The second kappa shape index (κ2) is 8.16. The molecule has 4 nitrogen and oxygen atoms in total. The molecular formula is C21H23N3O. The van der Waals surface area contributed by atoms with E-state index >= 15 is 0 Å². The maximum absolute atomic E-state index is 12.3. The summed E-state index contributed by atoms with van der Waals surface area (Å²) in [5, 5.41) is 15.0. The van der Waals surface area contributed by atoms with Crippen LogP contribution in [0.1, 0.15) is 36.5 Å². The first kappa shape index (κ1) is 18.3. The number of rotatable bonds is 5. The molecule has 2 aromatic rings. The van der Waals surface area contributed by atoms with Gasteiger partial charge in [0.15, 0.2) is 0 Å². The molecule has 0 saturated heterocycles. The smallest absolute Gasteiger partial charge is 0.267 e. The molecule has 128 valence electrons. The number of aryl methyl sites for hydroxylation is 2. The minimum absolute atomic E-state index is 0.0212. The molecule has 25 heavy (non-hydrogen) atoms. The van der Waals surface area contributed by atoms with Crippen molar-refractivity contribution in [3.63, 3.8) is 0 Å². The van der Waals surface area contributed by atoms with E-state index in [1.54, 1.807) is 0 Å². The lowest BCUT2D eigenvalue weighted by molar-refractivity contribution is -0.112. The normalized spacial score (nSPS) is 11.1. The molecule has 0 aliphatic rings. The van der Waals surface area contributed by atoms with Gasteiger partial charge in [-0.2, -0.15) is 5.26 Å². The average Bonchev–Trinajstić information content (AvgIpc) is 2.57. The van der Waals surface area contributed by atoms with Gasteiger partial charge >= 0.3 is 0 Å². The van der Waals surface area contributed by atoms with E-state index in [0.717, 1.165) is 16.8 Å². The highest BCUT2D eigenvalue weighted by Gasteiger charge is 2.10. The largest absolute Gasteiger partial charge is 0.360 e. The maximum Gasteiger partial charge on any atom is 0.267 e. The van der Waals surface area contributed by atoms with Gasteiger partial charge in [0, 0.05) is 17.6 Å². The molecule has 1 amide bonds. The number of amides is 1. The number of benzene rings is 2. The van der Waals surface area contributed by atoms with Crippen LogP contribution in [-0.4, -0.2) is 5.91 Å². The lowest BCUT2D eigenvalue weighted by Crippen LogP contribution is -2.14. The molecule has 0 aliphatic heterocycles. The van der Waals surface area contributed by atoms with Crippen LogP contribution in [0.5, 0.6) is 0 Å². The number of anilines is 2. The van der Waals surface area contributed by atoms with Gasteiger partial charge in [-0.25, -0.2) is 0 Å².